The first-order valence-corrected chi connectivity index (χ1v) is 11.0. The summed E-state index contributed by atoms with van der Waals surface area (Å²) in [5, 5.41) is 3.55. The lowest BCUT2D eigenvalue weighted by Crippen LogP contribution is -2.25. The van der Waals surface area contributed by atoms with E-state index in [2.05, 4.69) is 56.9 Å². The zero-order chi connectivity index (χ0) is 20.8. The molecule has 0 bridgehead atoms. The molecule has 0 aliphatic carbocycles. The molecule has 0 saturated carbocycles. The van der Waals surface area contributed by atoms with Crippen molar-refractivity contribution in [3.63, 3.8) is 0 Å². The van der Waals surface area contributed by atoms with E-state index < -0.39 is 0 Å². The number of nitrogens with one attached hydrogen (secondary N) is 1. The zero-order valence-electron chi connectivity index (χ0n) is 18.1. The zero-order valence-corrected chi connectivity index (χ0v) is 21.4. The maximum absolute atomic E-state index is 6.05. The van der Waals surface area contributed by atoms with Crippen molar-refractivity contribution >= 4 is 63.4 Å². The van der Waals surface area contributed by atoms with Gasteiger partial charge in [-0.25, -0.2) is 15.0 Å². The summed E-state index contributed by atoms with van der Waals surface area (Å²) in [4.78, 5) is 16.2. The van der Waals surface area contributed by atoms with Gasteiger partial charge in [0.2, 0.25) is 0 Å². The van der Waals surface area contributed by atoms with Gasteiger partial charge in [0.05, 0.1) is 17.6 Å². The SMILES string of the molecule is CCN(CC)CCCC(C)Nc1cc(N)nc2nc(-c3ccc(Br)cc3)cnc12.Cl.Cl. The summed E-state index contributed by atoms with van der Waals surface area (Å²) in [6.45, 7) is 9.92. The number of nitrogens with zero attached hydrogens (tertiary/aromatic N) is 4. The van der Waals surface area contributed by atoms with Crippen LogP contribution in [0.3, 0.4) is 0 Å². The number of halogens is 3. The minimum absolute atomic E-state index is 0. The molecule has 0 spiro atoms. The molecule has 0 radical (unpaired) electrons. The Labute approximate surface area is 205 Å². The Morgan fingerprint density at radius 3 is 2.42 bits per heavy atom. The lowest BCUT2D eigenvalue weighted by atomic mass is 10.1. The third-order valence-electron chi connectivity index (χ3n) is 5.08. The van der Waals surface area contributed by atoms with Crippen molar-refractivity contribution in [2.75, 3.05) is 30.7 Å². The highest BCUT2D eigenvalue weighted by atomic mass is 79.9. The first kappa shape index (κ1) is 27.4. The Hall–Kier alpha value is -1.67. The monoisotopic (exact) mass is 528 g/mol. The van der Waals surface area contributed by atoms with Crippen molar-refractivity contribution in [3.05, 3.63) is 41.0 Å². The summed E-state index contributed by atoms with van der Waals surface area (Å²) in [6.07, 6.45) is 4.01. The third kappa shape index (κ3) is 7.45. The van der Waals surface area contributed by atoms with Gasteiger partial charge in [-0.05, 0) is 51.5 Å². The van der Waals surface area contributed by atoms with Gasteiger partial charge < -0.3 is 16.0 Å². The van der Waals surface area contributed by atoms with E-state index in [0.29, 0.717) is 17.5 Å². The number of hydrogen-bond donors (Lipinski definition) is 2. The van der Waals surface area contributed by atoms with Gasteiger partial charge in [0.15, 0.2) is 5.65 Å². The Morgan fingerprint density at radius 1 is 1.10 bits per heavy atom. The molecule has 0 fully saturated rings. The molecule has 1 atom stereocenters. The molecule has 1 unspecified atom stereocenters. The molecule has 31 heavy (non-hydrogen) atoms. The highest BCUT2D eigenvalue weighted by Crippen LogP contribution is 2.26. The molecule has 9 heteroatoms. The normalized spacial score (nSPS) is 11.6. The van der Waals surface area contributed by atoms with Crippen molar-refractivity contribution in [2.24, 2.45) is 0 Å². The van der Waals surface area contributed by atoms with Crippen LogP contribution in [-0.4, -0.2) is 45.5 Å². The van der Waals surface area contributed by atoms with Crippen LogP contribution >= 0.6 is 40.7 Å². The van der Waals surface area contributed by atoms with Crippen LogP contribution < -0.4 is 11.1 Å². The van der Waals surface area contributed by atoms with Gasteiger partial charge in [0.1, 0.15) is 11.3 Å². The van der Waals surface area contributed by atoms with Gasteiger partial charge in [-0.2, -0.15) is 0 Å². The van der Waals surface area contributed by atoms with Gasteiger partial charge in [0.25, 0.3) is 0 Å². The second-order valence-electron chi connectivity index (χ2n) is 7.24. The number of nitrogen functional groups attached to an aromatic ring is 1. The van der Waals surface area contributed by atoms with Crippen LogP contribution in [0.25, 0.3) is 22.4 Å². The molecule has 0 amide bonds. The van der Waals surface area contributed by atoms with Crippen molar-refractivity contribution in [3.8, 4) is 11.3 Å². The summed E-state index contributed by atoms with van der Waals surface area (Å²) >= 11 is 3.46. The average molecular weight is 530 g/mol. The summed E-state index contributed by atoms with van der Waals surface area (Å²) in [5.74, 6) is 0.442. The molecule has 0 aliphatic rings. The molecule has 0 saturated heterocycles. The number of fused-ring (bicyclic) bond motifs is 1. The molecule has 1 aromatic carbocycles. The number of benzene rings is 1. The van der Waals surface area contributed by atoms with Crippen LogP contribution in [0, 0.1) is 0 Å². The van der Waals surface area contributed by atoms with E-state index in [1.807, 2.05) is 30.3 Å². The van der Waals surface area contributed by atoms with E-state index in [1.165, 1.54) is 0 Å². The molecule has 170 valence electrons. The second-order valence-corrected chi connectivity index (χ2v) is 8.16. The van der Waals surface area contributed by atoms with Crippen molar-refractivity contribution < 1.29 is 0 Å². The molecule has 3 N–H and O–H groups in total. The minimum Gasteiger partial charge on any atom is -0.384 e. The van der Waals surface area contributed by atoms with Crippen LogP contribution in [0.5, 0.6) is 0 Å². The van der Waals surface area contributed by atoms with Crippen LogP contribution in [0.4, 0.5) is 11.5 Å². The fourth-order valence-corrected chi connectivity index (χ4v) is 3.65. The first-order valence-electron chi connectivity index (χ1n) is 10.2. The van der Waals surface area contributed by atoms with Crippen molar-refractivity contribution in [1.29, 1.82) is 0 Å². The van der Waals surface area contributed by atoms with E-state index in [-0.39, 0.29) is 24.8 Å². The molecule has 0 aliphatic heterocycles. The summed E-state index contributed by atoms with van der Waals surface area (Å²) in [6, 6.07) is 10.1. The van der Waals surface area contributed by atoms with Crippen molar-refractivity contribution in [2.45, 2.75) is 39.7 Å². The standard InChI is InChI=1S/C22H29BrN6.2ClH/c1-4-29(5-2)12-6-7-15(3)26-18-13-20(24)28-22-21(18)25-14-19(27-22)16-8-10-17(23)11-9-16;;/h8-11,13-15H,4-7,12H2,1-3H3,(H3,24,26,27,28);2*1H. The Morgan fingerprint density at radius 2 is 1.77 bits per heavy atom. The van der Waals surface area contributed by atoms with E-state index in [1.54, 1.807) is 6.20 Å². The summed E-state index contributed by atoms with van der Waals surface area (Å²) in [5.41, 5.74) is 10.0. The fourth-order valence-electron chi connectivity index (χ4n) is 3.39. The average Bonchev–Trinajstić information content (AvgIpc) is 2.71. The van der Waals surface area contributed by atoms with E-state index >= 15 is 0 Å². The van der Waals surface area contributed by atoms with Crippen LogP contribution in [-0.2, 0) is 0 Å². The number of rotatable bonds is 9. The topological polar surface area (TPSA) is 80.0 Å². The van der Waals surface area contributed by atoms with Gasteiger partial charge in [-0.1, -0.05) is 41.9 Å². The number of hydrogen-bond acceptors (Lipinski definition) is 6. The lowest BCUT2D eigenvalue weighted by Gasteiger charge is -2.20. The predicted molar refractivity (Wildman–Crippen MR) is 139 cm³/mol. The lowest BCUT2D eigenvalue weighted by molar-refractivity contribution is 0.295. The van der Waals surface area contributed by atoms with Gasteiger partial charge >= 0.3 is 0 Å². The molecule has 2 heterocycles. The van der Waals surface area contributed by atoms with E-state index in [9.17, 15) is 0 Å². The highest BCUT2D eigenvalue weighted by molar-refractivity contribution is 9.10. The molecule has 6 nitrogen and oxygen atoms in total. The quantitative estimate of drug-likeness (QED) is 0.364. The highest BCUT2D eigenvalue weighted by Gasteiger charge is 2.12. The van der Waals surface area contributed by atoms with Crippen LogP contribution in [0.2, 0.25) is 0 Å². The Balaban J connectivity index is 0.00000240. The van der Waals surface area contributed by atoms with Crippen molar-refractivity contribution in [1.82, 2.24) is 19.9 Å². The van der Waals surface area contributed by atoms with Gasteiger partial charge in [-0.15, -0.1) is 24.8 Å². The molecular formula is C22H31BrCl2N6. The molecule has 2 aromatic heterocycles. The Bertz CT molecular complexity index is 951. The van der Waals surface area contributed by atoms with Gasteiger partial charge in [0, 0.05) is 22.1 Å². The van der Waals surface area contributed by atoms with Gasteiger partial charge in [-0.3, -0.25) is 0 Å². The molecular weight excluding hydrogens is 499 g/mol. The molecule has 3 rings (SSSR count). The number of pyridine rings is 1. The minimum atomic E-state index is 0. The van der Waals surface area contributed by atoms with Crippen LogP contribution in [0.15, 0.2) is 41.0 Å². The predicted octanol–water partition coefficient (Wildman–Crippen LogP) is 5.80. The second kappa shape index (κ2) is 13.0. The maximum Gasteiger partial charge on any atom is 0.182 e. The van der Waals surface area contributed by atoms with Crippen LogP contribution in [0.1, 0.15) is 33.6 Å². The summed E-state index contributed by atoms with van der Waals surface area (Å²) < 4.78 is 1.03. The number of anilines is 2. The summed E-state index contributed by atoms with van der Waals surface area (Å²) in [7, 11) is 0. The molecule has 3 aromatic rings. The first-order chi connectivity index (χ1) is 14.0. The smallest absolute Gasteiger partial charge is 0.182 e. The van der Waals surface area contributed by atoms with E-state index in [0.717, 1.165) is 59.4 Å². The third-order valence-corrected chi connectivity index (χ3v) is 5.61. The number of nitrogens with two attached hydrogens (primary N) is 1. The fraction of sp³-hybridized carbons (Fsp3) is 0.409. The Kier molecular flexibility index (Phi) is 11.5. The number of aromatic nitrogens is 3. The largest absolute Gasteiger partial charge is 0.384 e. The maximum atomic E-state index is 6.05. The van der Waals surface area contributed by atoms with E-state index in [4.69, 9.17) is 10.7 Å².